The smallest absolute Gasteiger partial charge is 0.0744 e. The minimum atomic E-state index is 0.275. The summed E-state index contributed by atoms with van der Waals surface area (Å²) in [4.78, 5) is 3.00. The molecule has 2 heteroatoms. The minimum Gasteiger partial charge on any atom is -0.144 e. The molecule has 0 bridgehead atoms. The normalized spacial score (nSPS) is 12.8. The van der Waals surface area contributed by atoms with Crippen LogP contribution >= 0.6 is 27.3 Å². The topological polar surface area (TPSA) is 0 Å². The highest BCUT2D eigenvalue weighted by molar-refractivity contribution is 9.09. The molecule has 1 heterocycles. The molecule has 3 rings (SSSR count). The van der Waals surface area contributed by atoms with E-state index in [0.29, 0.717) is 0 Å². The summed E-state index contributed by atoms with van der Waals surface area (Å²) in [6, 6.07) is 17.5. The summed E-state index contributed by atoms with van der Waals surface area (Å²) in [5, 5.41) is 2.69. The lowest BCUT2D eigenvalue weighted by Crippen LogP contribution is -1.92. The van der Waals surface area contributed by atoms with Gasteiger partial charge in [0.05, 0.1) is 4.83 Å². The van der Waals surface area contributed by atoms with Crippen LogP contribution in [-0.4, -0.2) is 0 Å². The van der Waals surface area contributed by atoms with Crippen molar-refractivity contribution in [1.29, 1.82) is 0 Å². The van der Waals surface area contributed by atoms with Crippen molar-refractivity contribution in [2.45, 2.75) is 18.7 Å². The second kappa shape index (κ2) is 5.10. The Labute approximate surface area is 126 Å². The summed E-state index contributed by atoms with van der Waals surface area (Å²) in [5.41, 5.74) is 2.68. The van der Waals surface area contributed by atoms with Gasteiger partial charge in [0.15, 0.2) is 0 Å². The van der Waals surface area contributed by atoms with Crippen LogP contribution in [0.5, 0.6) is 0 Å². The first kappa shape index (κ1) is 12.9. The molecular weight excluding hydrogens is 316 g/mol. The molecule has 0 nitrogen and oxygen atoms in total. The highest BCUT2D eigenvalue weighted by Gasteiger charge is 2.15. The van der Waals surface area contributed by atoms with E-state index in [-0.39, 0.29) is 4.83 Å². The van der Waals surface area contributed by atoms with E-state index in [2.05, 4.69) is 78.3 Å². The standard InChI is InChI=1S/C17H15BrS/c1-11-7-9-15(14-6-4-3-5-13(11)14)17(18)16-10-8-12(2)19-16/h3-10,17H,1-2H3. The number of hydrogen-bond donors (Lipinski definition) is 0. The minimum absolute atomic E-state index is 0.275. The highest BCUT2D eigenvalue weighted by Crippen LogP contribution is 2.39. The van der Waals surface area contributed by atoms with Crippen LogP contribution in [0.15, 0.2) is 48.5 Å². The van der Waals surface area contributed by atoms with Crippen molar-refractivity contribution in [3.05, 3.63) is 69.4 Å². The predicted molar refractivity (Wildman–Crippen MR) is 88.5 cm³/mol. The van der Waals surface area contributed by atoms with Crippen LogP contribution in [0.2, 0.25) is 0 Å². The maximum atomic E-state index is 3.86. The van der Waals surface area contributed by atoms with E-state index in [1.807, 2.05) is 11.3 Å². The maximum absolute atomic E-state index is 3.86. The molecule has 0 radical (unpaired) electrons. The molecule has 0 amide bonds. The van der Waals surface area contributed by atoms with Gasteiger partial charge in [0.2, 0.25) is 0 Å². The van der Waals surface area contributed by atoms with Crippen LogP contribution in [0, 0.1) is 13.8 Å². The Balaban J connectivity index is 2.18. The molecule has 1 atom stereocenters. The summed E-state index contributed by atoms with van der Waals surface area (Å²) in [5.74, 6) is 0. The van der Waals surface area contributed by atoms with Crippen LogP contribution in [0.1, 0.15) is 25.7 Å². The SMILES string of the molecule is Cc1ccc(C(Br)c2ccc(C)c3ccccc23)s1. The first-order chi connectivity index (χ1) is 9.16. The Morgan fingerprint density at radius 2 is 1.63 bits per heavy atom. The first-order valence-corrected chi connectivity index (χ1v) is 8.08. The Kier molecular flexibility index (Phi) is 3.46. The molecule has 3 aromatic rings. The van der Waals surface area contributed by atoms with Gasteiger partial charge in [0, 0.05) is 9.75 Å². The van der Waals surface area contributed by atoms with E-state index >= 15 is 0 Å². The molecule has 0 saturated carbocycles. The van der Waals surface area contributed by atoms with Gasteiger partial charge < -0.3 is 0 Å². The number of aryl methyl sites for hydroxylation is 2. The Morgan fingerprint density at radius 3 is 2.32 bits per heavy atom. The van der Waals surface area contributed by atoms with Crippen molar-refractivity contribution in [3.63, 3.8) is 0 Å². The molecule has 0 spiro atoms. The molecule has 2 aromatic carbocycles. The third-order valence-electron chi connectivity index (χ3n) is 3.46. The van der Waals surface area contributed by atoms with Gasteiger partial charge in [-0.15, -0.1) is 11.3 Å². The second-order valence-electron chi connectivity index (χ2n) is 4.83. The Hall–Kier alpha value is -1.12. The van der Waals surface area contributed by atoms with Gasteiger partial charge in [-0.1, -0.05) is 52.3 Å². The van der Waals surface area contributed by atoms with E-state index in [4.69, 9.17) is 0 Å². The van der Waals surface area contributed by atoms with Crippen molar-refractivity contribution in [2.75, 3.05) is 0 Å². The molecule has 0 aliphatic carbocycles. The van der Waals surface area contributed by atoms with Gasteiger partial charge in [-0.05, 0) is 47.9 Å². The van der Waals surface area contributed by atoms with E-state index in [0.717, 1.165) is 0 Å². The Morgan fingerprint density at radius 1 is 0.895 bits per heavy atom. The molecule has 96 valence electrons. The molecule has 0 N–H and O–H groups in total. The van der Waals surface area contributed by atoms with Crippen LogP contribution in [0.3, 0.4) is 0 Å². The summed E-state index contributed by atoms with van der Waals surface area (Å²) in [6.45, 7) is 4.33. The molecule has 0 fully saturated rings. The summed E-state index contributed by atoms with van der Waals surface area (Å²) < 4.78 is 0. The average Bonchev–Trinajstić information content (AvgIpc) is 2.86. The molecule has 0 aliphatic heterocycles. The predicted octanol–water partition coefficient (Wildman–Crippen LogP) is 6.00. The quantitative estimate of drug-likeness (QED) is 0.505. The molecule has 0 saturated heterocycles. The first-order valence-electron chi connectivity index (χ1n) is 6.35. The van der Waals surface area contributed by atoms with Crippen molar-refractivity contribution in [3.8, 4) is 0 Å². The molecule has 1 aromatic heterocycles. The zero-order chi connectivity index (χ0) is 13.4. The average molecular weight is 331 g/mol. The molecule has 19 heavy (non-hydrogen) atoms. The highest BCUT2D eigenvalue weighted by atomic mass is 79.9. The second-order valence-corrected chi connectivity index (χ2v) is 7.06. The van der Waals surface area contributed by atoms with Crippen molar-refractivity contribution in [2.24, 2.45) is 0 Å². The number of alkyl halides is 1. The van der Waals surface area contributed by atoms with Crippen LogP contribution in [-0.2, 0) is 0 Å². The van der Waals surface area contributed by atoms with E-state index in [9.17, 15) is 0 Å². The number of rotatable bonds is 2. The van der Waals surface area contributed by atoms with Gasteiger partial charge in [-0.2, -0.15) is 0 Å². The number of thiophene rings is 1. The van der Waals surface area contributed by atoms with Gasteiger partial charge in [-0.3, -0.25) is 0 Å². The Bertz CT molecular complexity index is 727. The zero-order valence-corrected chi connectivity index (χ0v) is 13.4. The van der Waals surface area contributed by atoms with E-state index in [1.165, 1.54) is 31.7 Å². The van der Waals surface area contributed by atoms with Crippen molar-refractivity contribution in [1.82, 2.24) is 0 Å². The van der Waals surface area contributed by atoms with Gasteiger partial charge in [0.25, 0.3) is 0 Å². The van der Waals surface area contributed by atoms with Crippen molar-refractivity contribution < 1.29 is 0 Å². The number of halogens is 1. The molecular formula is C17H15BrS. The van der Waals surface area contributed by atoms with Crippen LogP contribution in [0.4, 0.5) is 0 Å². The lowest BCUT2D eigenvalue weighted by Gasteiger charge is -2.13. The summed E-state index contributed by atoms with van der Waals surface area (Å²) in [6.07, 6.45) is 0. The maximum Gasteiger partial charge on any atom is 0.0744 e. The fraction of sp³-hybridized carbons (Fsp3) is 0.176. The monoisotopic (exact) mass is 330 g/mol. The van der Waals surface area contributed by atoms with Gasteiger partial charge in [-0.25, -0.2) is 0 Å². The molecule has 0 aliphatic rings. The number of fused-ring (bicyclic) bond motifs is 1. The van der Waals surface area contributed by atoms with Crippen LogP contribution < -0.4 is 0 Å². The van der Waals surface area contributed by atoms with Gasteiger partial charge >= 0.3 is 0 Å². The summed E-state index contributed by atoms with van der Waals surface area (Å²) in [7, 11) is 0. The number of benzene rings is 2. The lowest BCUT2D eigenvalue weighted by atomic mass is 9.98. The zero-order valence-electron chi connectivity index (χ0n) is 11.0. The molecule has 1 unspecified atom stereocenters. The fourth-order valence-corrected chi connectivity index (χ4v) is 4.14. The van der Waals surface area contributed by atoms with E-state index in [1.54, 1.807) is 0 Å². The van der Waals surface area contributed by atoms with E-state index < -0.39 is 0 Å². The largest absolute Gasteiger partial charge is 0.144 e. The van der Waals surface area contributed by atoms with Crippen LogP contribution in [0.25, 0.3) is 10.8 Å². The fourth-order valence-electron chi connectivity index (χ4n) is 2.44. The number of hydrogen-bond acceptors (Lipinski definition) is 1. The van der Waals surface area contributed by atoms with Crippen molar-refractivity contribution >= 4 is 38.0 Å². The summed E-state index contributed by atoms with van der Waals surface area (Å²) >= 11 is 5.72. The lowest BCUT2D eigenvalue weighted by molar-refractivity contribution is 1.24. The third-order valence-corrected chi connectivity index (χ3v) is 5.81. The third kappa shape index (κ3) is 2.35. The van der Waals surface area contributed by atoms with Gasteiger partial charge in [0.1, 0.15) is 0 Å².